The van der Waals surface area contributed by atoms with Crippen molar-refractivity contribution in [2.24, 2.45) is 7.05 Å². The second-order valence-electron chi connectivity index (χ2n) is 4.19. The molecular formula is C13H16N2O2. The van der Waals surface area contributed by atoms with Crippen molar-refractivity contribution < 1.29 is 9.90 Å². The van der Waals surface area contributed by atoms with E-state index in [-0.39, 0.29) is 5.78 Å². The average molecular weight is 232 g/mol. The molecule has 0 saturated heterocycles. The smallest absolute Gasteiger partial charge is 0.165 e. The fourth-order valence-corrected chi connectivity index (χ4v) is 1.89. The van der Waals surface area contributed by atoms with Gasteiger partial charge in [0.15, 0.2) is 5.78 Å². The van der Waals surface area contributed by atoms with Crippen LogP contribution in [0.2, 0.25) is 0 Å². The lowest BCUT2D eigenvalue weighted by Gasteiger charge is -2.08. The van der Waals surface area contributed by atoms with E-state index < -0.39 is 6.10 Å². The van der Waals surface area contributed by atoms with E-state index in [1.165, 1.54) is 0 Å². The summed E-state index contributed by atoms with van der Waals surface area (Å²) in [5.74, 6) is 0.741. The zero-order valence-corrected chi connectivity index (χ0v) is 10.3. The van der Waals surface area contributed by atoms with Gasteiger partial charge in [0.25, 0.3) is 0 Å². The Morgan fingerprint density at radius 3 is 2.88 bits per heavy atom. The lowest BCUT2D eigenvalue weighted by Crippen LogP contribution is -2.10. The van der Waals surface area contributed by atoms with Crippen molar-refractivity contribution in [1.82, 2.24) is 9.55 Å². The molecule has 1 unspecified atom stereocenters. The molecule has 4 heteroatoms. The van der Waals surface area contributed by atoms with Crippen molar-refractivity contribution in [3.8, 4) is 0 Å². The lowest BCUT2D eigenvalue weighted by atomic mass is 10.0. The van der Waals surface area contributed by atoms with E-state index >= 15 is 0 Å². The molecule has 0 saturated carbocycles. The average Bonchev–Trinajstić information content (AvgIpc) is 2.62. The van der Waals surface area contributed by atoms with Gasteiger partial charge in [0, 0.05) is 13.5 Å². The summed E-state index contributed by atoms with van der Waals surface area (Å²) in [6, 6.07) is 5.44. The highest BCUT2D eigenvalue weighted by molar-refractivity contribution is 5.85. The molecule has 0 bridgehead atoms. The highest BCUT2D eigenvalue weighted by Gasteiger charge is 2.16. The number of benzene rings is 1. The van der Waals surface area contributed by atoms with E-state index in [2.05, 4.69) is 4.98 Å². The molecule has 1 aromatic heterocycles. The van der Waals surface area contributed by atoms with Gasteiger partial charge < -0.3 is 9.67 Å². The topological polar surface area (TPSA) is 55.1 Å². The van der Waals surface area contributed by atoms with Crippen LogP contribution in [-0.4, -0.2) is 20.4 Å². The van der Waals surface area contributed by atoms with Gasteiger partial charge in [-0.05, 0) is 24.6 Å². The van der Waals surface area contributed by atoms with E-state index in [9.17, 15) is 9.90 Å². The van der Waals surface area contributed by atoms with Gasteiger partial charge in [-0.15, -0.1) is 0 Å². The van der Waals surface area contributed by atoms with Gasteiger partial charge in [0.2, 0.25) is 0 Å². The van der Waals surface area contributed by atoms with Crippen LogP contribution in [-0.2, 0) is 11.8 Å². The van der Waals surface area contributed by atoms with E-state index in [1.807, 2.05) is 24.6 Å². The van der Waals surface area contributed by atoms with E-state index in [0.717, 1.165) is 16.9 Å². The first-order valence-corrected chi connectivity index (χ1v) is 5.68. The number of hydrogen-bond acceptors (Lipinski definition) is 3. The third kappa shape index (κ3) is 1.96. The molecule has 0 amide bonds. The van der Waals surface area contributed by atoms with Crippen LogP contribution in [0.4, 0.5) is 0 Å². The third-order valence-corrected chi connectivity index (χ3v) is 3.10. The number of carbonyl (C=O) groups excluding carboxylic acids is 1. The molecule has 0 aliphatic rings. The van der Waals surface area contributed by atoms with Crippen molar-refractivity contribution in [2.45, 2.75) is 26.4 Å². The number of rotatable bonds is 3. The van der Waals surface area contributed by atoms with Gasteiger partial charge in [-0.25, -0.2) is 4.98 Å². The normalized spacial score (nSPS) is 12.9. The van der Waals surface area contributed by atoms with E-state index in [0.29, 0.717) is 12.0 Å². The van der Waals surface area contributed by atoms with Gasteiger partial charge in [-0.3, -0.25) is 4.79 Å². The summed E-state index contributed by atoms with van der Waals surface area (Å²) in [6.45, 7) is 3.67. The molecule has 0 aliphatic carbocycles. The van der Waals surface area contributed by atoms with E-state index in [4.69, 9.17) is 0 Å². The fourth-order valence-electron chi connectivity index (χ4n) is 1.89. The maximum absolute atomic E-state index is 11.4. The summed E-state index contributed by atoms with van der Waals surface area (Å²) < 4.78 is 1.98. The molecule has 0 fully saturated rings. The second kappa shape index (κ2) is 4.30. The number of aromatic nitrogens is 2. The monoisotopic (exact) mass is 232 g/mol. The van der Waals surface area contributed by atoms with Crippen molar-refractivity contribution in [3.63, 3.8) is 0 Å². The summed E-state index contributed by atoms with van der Waals surface area (Å²) in [6.07, 6.45) is -0.702. The Bertz CT molecular complexity index is 572. The molecule has 90 valence electrons. The number of ketones is 1. The number of hydrogen-bond donors (Lipinski definition) is 1. The van der Waals surface area contributed by atoms with Gasteiger partial charge >= 0.3 is 0 Å². The molecule has 2 rings (SSSR count). The van der Waals surface area contributed by atoms with Gasteiger partial charge in [0.1, 0.15) is 11.9 Å². The number of nitrogens with zero attached hydrogens (tertiary/aromatic N) is 2. The Morgan fingerprint density at radius 2 is 2.24 bits per heavy atom. The summed E-state index contributed by atoms with van der Waals surface area (Å²) in [5, 5.41) is 9.84. The number of aliphatic hydroxyl groups is 1. The molecule has 0 radical (unpaired) electrons. The summed E-state index contributed by atoms with van der Waals surface area (Å²) in [4.78, 5) is 15.8. The van der Waals surface area contributed by atoms with Crippen LogP contribution < -0.4 is 0 Å². The predicted molar refractivity (Wildman–Crippen MR) is 65.7 cm³/mol. The Morgan fingerprint density at radius 1 is 1.53 bits per heavy atom. The van der Waals surface area contributed by atoms with Crippen LogP contribution in [0.1, 0.15) is 30.8 Å². The van der Waals surface area contributed by atoms with Crippen LogP contribution in [0.15, 0.2) is 18.2 Å². The number of carbonyl (C=O) groups is 1. The van der Waals surface area contributed by atoms with Crippen LogP contribution in [0.3, 0.4) is 0 Å². The van der Waals surface area contributed by atoms with Crippen molar-refractivity contribution >= 4 is 16.8 Å². The molecule has 1 heterocycles. The minimum atomic E-state index is -1.04. The maximum atomic E-state index is 11.4. The lowest BCUT2D eigenvalue weighted by molar-refractivity contribution is -0.127. The van der Waals surface area contributed by atoms with Crippen molar-refractivity contribution in [1.29, 1.82) is 0 Å². The predicted octanol–water partition coefficient (Wildman–Crippen LogP) is 1.89. The largest absolute Gasteiger partial charge is 0.381 e. The molecule has 1 aromatic carbocycles. The quantitative estimate of drug-likeness (QED) is 0.879. The summed E-state index contributed by atoms with van der Waals surface area (Å²) in [7, 11) is 1.94. The molecule has 2 aromatic rings. The van der Waals surface area contributed by atoms with Gasteiger partial charge in [0.05, 0.1) is 11.0 Å². The maximum Gasteiger partial charge on any atom is 0.165 e. The first kappa shape index (κ1) is 11.8. The molecule has 1 atom stereocenters. The molecule has 1 N–H and O–H groups in total. The number of Topliss-reactive ketones (excluding diaryl/α,β-unsaturated/α-hetero) is 1. The van der Waals surface area contributed by atoms with Gasteiger partial charge in [-0.1, -0.05) is 13.0 Å². The molecule has 17 heavy (non-hydrogen) atoms. The number of imidazole rings is 1. The number of fused-ring (bicyclic) bond motifs is 1. The number of aliphatic hydroxyl groups excluding tert-OH is 1. The molecule has 0 spiro atoms. The minimum absolute atomic E-state index is 0.169. The summed E-state index contributed by atoms with van der Waals surface area (Å²) >= 11 is 0. The second-order valence-corrected chi connectivity index (χ2v) is 4.19. The van der Waals surface area contributed by atoms with Crippen molar-refractivity contribution in [3.05, 3.63) is 29.6 Å². The van der Waals surface area contributed by atoms with Gasteiger partial charge in [-0.2, -0.15) is 0 Å². The van der Waals surface area contributed by atoms with Crippen molar-refractivity contribution in [2.75, 3.05) is 0 Å². The molecule has 0 aliphatic heterocycles. The van der Waals surface area contributed by atoms with Crippen LogP contribution in [0.5, 0.6) is 0 Å². The van der Waals surface area contributed by atoms with Crippen LogP contribution in [0.25, 0.3) is 11.0 Å². The Kier molecular flexibility index (Phi) is 2.98. The Balaban J connectivity index is 2.48. The van der Waals surface area contributed by atoms with E-state index in [1.54, 1.807) is 19.1 Å². The zero-order valence-electron chi connectivity index (χ0n) is 10.3. The highest BCUT2D eigenvalue weighted by Crippen LogP contribution is 2.21. The first-order chi connectivity index (χ1) is 8.04. The first-order valence-electron chi connectivity index (χ1n) is 5.68. The summed E-state index contributed by atoms with van der Waals surface area (Å²) in [5.41, 5.74) is 2.43. The Hall–Kier alpha value is -1.68. The SMILES string of the molecule is CCC(=O)C(O)c1ccc2c(c1)nc(C)n2C. The van der Waals surface area contributed by atoms with Crippen LogP contribution >= 0.6 is 0 Å². The standard InChI is InChI=1S/C13H16N2O2/c1-4-12(16)13(17)9-5-6-11-10(7-9)14-8(2)15(11)3/h5-7,13,17H,4H2,1-3H3. The molecular weight excluding hydrogens is 216 g/mol. The highest BCUT2D eigenvalue weighted by atomic mass is 16.3. The number of aryl methyl sites for hydroxylation is 2. The third-order valence-electron chi connectivity index (χ3n) is 3.10. The minimum Gasteiger partial charge on any atom is -0.381 e. The Labute approximate surface area is 99.9 Å². The van der Waals surface area contributed by atoms with Crippen LogP contribution in [0, 0.1) is 6.92 Å². The zero-order chi connectivity index (χ0) is 12.6. The molecule has 4 nitrogen and oxygen atoms in total. The fraction of sp³-hybridized carbons (Fsp3) is 0.385.